The van der Waals surface area contributed by atoms with Gasteiger partial charge in [0, 0.05) is 6.07 Å². The first kappa shape index (κ1) is 10.7. The highest BCUT2D eigenvalue weighted by atomic mass is 79.9. The number of halogens is 4. The zero-order valence-corrected chi connectivity index (χ0v) is 8.86. The molecule has 0 saturated heterocycles. The van der Waals surface area contributed by atoms with Gasteiger partial charge in [-0.15, -0.1) is 0 Å². The topological polar surface area (TPSA) is 22.1 Å². The van der Waals surface area contributed by atoms with Gasteiger partial charge in [0.2, 0.25) is 5.88 Å². The molecule has 2 nitrogen and oxygen atoms in total. The first-order valence-corrected chi connectivity index (χ1v) is 4.41. The van der Waals surface area contributed by atoms with Crippen molar-refractivity contribution in [3.8, 4) is 5.88 Å². The first-order valence-electron chi connectivity index (χ1n) is 3.24. The molecule has 0 aliphatic rings. The van der Waals surface area contributed by atoms with Crippen LogP contribution in [0.25, 0.3) is 0 Å². The van der Waals surface area contributed by atoms with Crippen molar-refractivity contribution in [3.63, 3.8) is 0 Å². The van der Waals surface area contributed by atoms with E-state index in [4.69, 9.17) is 16.3 Å². The zero-order valence-electron chi connectivity index (χ0n) is 6.52. The van der Waals surface area contributed by atoms with Gasteiger partial charge < -0.3 is 4.74 Å². The van der Waals surface area contributed by atoms with Crippen LogP contribution in [-0.4, -0.2) is 12.1 Å². The molecule has 0 aromatic carbocycles. The number of ether oxygens (including phenoxy) is 1. The van der Waals surface area contributed by atoms with Gasteiger partial charge in [0.05, 0.1) is 17.7 Å². The summed E-state index contributed by atoms with van der Waals surface area (Å²) in [7, 11) is 1.38. The Bertz CT molecular complexity index is 298. The smallest absolute Gasteiger partial charge is 0.267 e. The highest BCUT2D eigenvalue weighted by Crippen LogP contribution is 2.34. The Morgan fingerprint density at radius 1 is 1.62 bits per heavy atom. The van der Waals surface area contributed by atoms with Gasteiger partial charge in [-0.25, -0.2) is 13.8 Å². The summed E-state index contributed by atoms with van der Waals surface area (Å²) < 4.78 is 29.4. The Morgan fingerprint density at radius 2 is 2.23 bits per heavy atom. The summed E-state index contributed by atoms with van der Waals surface area (Å²) in [6, 6.07) is 1.24. The summed E-state index contributed by atoms with van der Waals surface area (Å²) in [6.07, 6.45) is -2.65. The van der Waals surface area contributed by atoms with Gasteiger partial charge in [0.1, 0.15) is 4.60 Å². The van der Waals surface area contributed by atoms with E-state index in [-0.39, 0.29) is 21.1 Å². The SMILES string of the molecule is COc1cc(Cl)c(C(F)F)c(Br)n1. The lowest BCUT2D eigenvalue weighted by atomic mass is 10.3. The molecule has 1 heterocycles. The molecule has 0 amide bonds. The van der Waals surface area contributed by atoms with Crippen molar-refractivity contribution in [2.24, 2.45) is 0 Å². The molecule has 0 aliphatic heterocycles. The molecule has 0 bridgehead atoms. The molecule has 72 valence electrons. The molecule has 0 radical (unpaired) electrons. The van der Waals surface area contributed by atoms with Crippen molar-refractivity contribution in [3.05, 3.63) is 21.3 Å². The average molecular weight is 272 g/mol. The fourth-order valence-corrected chi connectivity index (χ4v) is 1.71. The zero-order chi connectivity index (χ0) is 10.0. The van der Waals surface area contributed by atoms with Crippen LogP contribution in [0.15, 0.2) is 10.7 Å². The van der Waals surface area contributed by atoms with E-state index in [0.717, 1.165) is 0 Å². The maximum absolute atomic E-state index is 12.3. The molecule has 1 aromatic rings. The number of nitrogens with zero attached hydrogens (tertiary/aromatic N) is 1. The molecule has 0 saturated carbocycles. The van der Waals surface area contributed by atoms with Crippen LogP contribution in [-0.2, 0) is 0 Å². The Hall–Kier alpha value is -0.420. The maximum Gasteiger partial charge on any atom is 0.267 e. The van der Waals surface area contributed by atoms with Gasteiger partial charge in [-0.05, 0) is 15.9 Å². The fourth-order valence-electron chi connectivity index (χ4n) is 0.773. The molecule has 0 fully saturated rings. The molecule has 6 heteroatoms. The van der Waals surface area contributed by atoms with E-state index in [9.17, 15) is 8.78 Å². The number of alkyl halides is 2. The molecule has 0 unspecified atom stereocenters. The van der Waals surface area contributed by atoms with E-state index in [1.807, 2.05) is 0 Å². The van der Waals surface area contributed by atoms with Gasteiger partial charge in [0.15, 0.2) is 0 Å². The predicted molar refractivity (Wildman–Crippen MR) is 48.5 cm³/mol. The fraction of sp³-hybridized carbons (Fsp3) is 0.286. The first-order chi connectivity index (χ1) is 6.06. The van der Waals surface area contributed by atoms with E-state index in [0.29, 0.717) is 0 Å². The molecule has 1 aromatic heterocycles. The van der Waals surface area contributed by atoms with Crippen LogP contribution in [0.4, 0.5) is 8.78 Å². The highest BCUT2D eigenvalue weighted by Gasteiger charge is 2.18. The molecule has 13 heavy (non-hydrogen) atoms. The predicted octanol–water partition coefficient (Wildman–Crippen LogP) is 3.44. The van der Waals surface area contributed by atoms with Crippen LogP contribution in [0.3, 0.4) is 0 Å². The van der Waals surface area contributed by atoms with Crippen LogP contribution in [0.2, 0.25) is 5.02 Å². The summed E-state index contributed by atoms with van der Waals surface area (Å²) in [5, 5.41) is -0.0614. The van der Waals surface area contributed by atoms with Crippen molar-refractivity contribution >= 4 is 27.5 Å². The quantitative estimate of drug-likeness (QED) is 0.769. The van der Waals surface area contributed by atoms with Crippen molar-refractivity contribution in [1.29, 1.82) is 0 Å². The third-order valence-corrected chi connectivity index (χ3v) is 2.28. The molecule has 0 atom stereocenters. The number of hydrogen-bond donors (Lipinski definition) is 0. The second kappa shape index (κ2) is 4.19. The van der Waals surface area contributed by atoms with E-state index in [2.05, 4.69) is 20.9 Å². The minimum atomic E-state index is -2.65. The lowest BCUT2D eigenvalue weighted by Crippen LogP contribution is -1.94. The summed E-state index contributed by atoms with van der Waals surface area (Å²) >= 11 is 8.46. The van der Waals surface area contributed by atoms with Crippen LogP contribution in [0, 0.1) is 0 Å². The molecule has 1 rings (SSSR count). The van der Waals surface area contributed by atoms with E-state index >= 15 is 0 Å². The van der Waals surface area contributed by atoms with Crippen LogP contribution in [0.5, 0.6) is 5.88 Å². The number of pyridine rings is 1. The second-order valence-corrected chi connectivity index (χ2v) is 3.31. The third-order valence-electron chi connectivity index (χ3n) is 1.37. The van der Waals surface area contributed by atoms with Crippen molar-refractivity contribution < 1.29 is 13.5 Å². The largest absolute Gasteiger partial charge is 0.481 e. The van der Waals surface area contributed by atoms with Gasteiger partial charge >= 0.3 is 0 Å². The molecular weight excluding hydrogens is 267 g/mol. The second-order valence-electron chi connectivity index (χ2n) is 2.15. The Labute approximate surface area is 87.0 Å². The number of methoxy groups -OCH3 is 1. The Morgan fingerprint density at radius 3 is 2.62 bits per heavy atom. The van der Waals surface area contributed by atoms with Crippen molar-refractivity contribution in [2.45, 2.75) is 6.43 Å². The molecular formula is C7H5BrClF2NO. The average Bonchev–Trinajstić information content (AvgIpc) is 2.02. The van der Waals surface area contributed by atoms with Crippen molar-refractivity contribution in [1.82, 2.24) is 4.98 Å². The highest BCUT2D eigenvalue weighted by molar-refractivity contribution is 9.10. The maximum atomic E-state index is 12.3. The van der Waals surface area contributed by atoms with Crippen LogP contribution in [0.1, 0.15) is 12.0 Å². The number of aromatic nitrogens is 1. The lowest BCUT2D eigenvalue weighted by Gasteiger charge is -2.06. The summed E-state index contributed by atoms with van der Waals surface area (Å²) in [5.74, 6) is 0.196. The van der Waals surface area contributed by atoms with Gasteiger partial charge in [0.25, 0.3) is 6.43 Å². The van der Waals surface area contributed by atoms with E-state index in [1.54, 1.807) is 0 Å². The van der Waals surface area contributed by atoms with Crippen LogP contribution < -0.4 is 4.74 Å². The number of hydrogen-bond acceptors (Lipinski definition) is 2. The van der Waals surface area contributed by atoms with E-state index in [1.165, 1.54) is 13.2 Å². The normalized spacial score (nSPS) is 10.6. The summed E-state index contributed by atoms with van der Waals surface area (Å²) in [5.41, 5.74) is -0.317. The molecule has 0 N–H and O–H groups in total. The van der Waals surface area contributed by atoms with Gasteiger partial charge in [-0.1, -0.05) is 11.6 Å². The van der Waals surface area contributed by atoms with Crippen molar-refractivity contribution in [2.75, 3.05) is 7.11 Å². The summed E-state index contributed by atoms with van der Waals surface area (Å²) in [6.45, 7) is 0. The Balaban J connectivity index is 3.23. The molecule has 0 spiro atoms. The number of rotatable bonds is 2. The lowest BCUT2D eigenvalue weighted by molar-refractivity contribution is 0.150. The monoisotopic (exact) mass is 271 g/mol. The Kier molecular flexibility index (Phi) is 3.44. The minimum absolute atomic E-state index is 0.00634. The third kappa shape index (κ3) is 2.28. The van der Waals surface area contributed by atoms with Gasteiger partial charge in [-0.2, -0.15) is 0 Å². The standard InChI is InChI=1S/C7H5BrClF2NO/c1-13-4-2-3(9)5(7(10)11)6(8)12-4/h2,7H,1H3. The molecule has 0 aliphatic carbocycles. The summed E-state index contributed by atoms with van der Waals surface area (Å²) in [4.78, 5) is 3.70. The van der Waals surface area contributed by atoms with E-state index < -0.39 is 6.43 Å². The van der Waals surface area contributed by atoms with Crippen LogP contribution >= 0.6 is 27.5 Å². The van der Waals surface area contributed by atoms with Gasteiger partial charge in [-0.3, -0.25) is 0 Å². The minimum Gasteiger partial charge on any atom is -0.481 e.